The molecule has 0 aromatic heterocycles. The first-order chi connectivity index (χ1) is 10.9. The number of nitrogens with zero attached hydrogens (tertiary/aromatic N) is 3. The van der Waals surface area contributed by atoms with Gasteiger partial charge in [0.15, 0.2) is 0 Å². The van der Waals surface area contributed by atoms with Crippen LogP contribution < -0.4 is 14.7 Å². The van der Waals surface area contributed by atoms with Gasteiger partial charge in [-0.2, -0.15) is 0 Å². The second kappa shape index (κ2) is 5.43. The summed E-state index contributed by atoms with van der Waals surface area (Å²) < 4.78 is 0. The highest BCUT2D eigenvalue weighted by atomic mass is 16.2. The van der Waals surface area contributed by atoms with Crippen molar-refractivity contribution in [1.82, 2.24) is 0 Å². The Morgan fingerprint density at radius 1 is 0.696 bits per heavy atom. The molecule has 0 saturated carbocycles. The lowest BCUT2D eigenvalue weighted by Gasteiger charge is -2.17. The van der Waals surface area contributed by atoms with Gasteiger partial charge in [0.1, 0.15) is 0 Å². The van der Waals surface area contributed by atoms with Crippen molar-refractivity contribution in [2.75, 3.05) is 42.9 Å². The topological polar surface area (TPSA) is 43.9 Å². The van der Waals surface area contributed by atoms with Gasteiger partial charge in [-0.15, -0.1) is 0 Å². The number of hydrogen-bond acceptors (Lipinski definition) is 4. The van der Waals surface area contributed by atoms with Crippen LogP contribution >= 0.6 is 0 Å². The highest BCUT2D eigenvalue weighted by Gasteiger charge is 2.36. The third-order valence-corrected chi connectivity index (χ3v) is 4.01. The molecule has 1 heterocycles. The van der Waals surface area contributed by atoms with Crippen molar-refractivity contribution >= 4 is 28.9 Å². The fraction of sp³-hybridized carbons (Fsp3) is 0.222. The predicted molar refractivity (Wildman–Crippen MR) is 92.7 cm³/mol. The molecular formula is C18H19N3O2. The van der Waals surface area contributed by atoms with Gasteiger partial charge in [0.2, 0.25) is 0 Å². The number of amides is 2. The summed E-state index contributed by atoms with van der Waals surface area (Å²) >= 11 is 0. The number of imide groups is 1. The molecule has 5 nitrogen and oxygen atoms in total. The zero-order valence-corrected chi connectivity index (χ0v) is 13.7. The zero-order chi connectivity index (χ0) is 16.7. The molecule has 5 heteroatoms. The van der Waals surface area contributed by atoms with Gasteiger partial charge < -0.3 is 9.80 Å². The van der Waals surface area contributed by atoms with Crippen molar-refractivity contribution in [2.24, 2.45) is 0 Å². The van der Waals surface area contributed by atoms with Crippen LogP contribution in [0.4, 0.5) is 17.1 Å². The average molecular weight is 309 g/mol. The number of hydrogen-bond donors (Lipinski definition) is 0. The predicted octanol–water partition coefficient (Wildman–Crippen LogP) is 2.62. The van der Waals surface area contributed by atoms with Crippen LogP contribution in [0.25, 0.3) is 0 Å². The SMILES string of the molecule is CN(C)c1ccc(N2C(=O)c3ccc(N(C)C)cc3C2=O)cc1. The highest BCUT2D eigenvalue weighted by molar-refractivity contribution is 6.34. The molecule has 23 heavy (non-hydrogen) atoms. The molecule has 3 rings (SSSR count). The minimum atomic E-state index is -0.272. The van der Waals surface area contributed by atoms with E-state index < -0.39 is 0 Å². The van der Waals surface area contributed by atoms with Gasteiger partial charge in [-0.3, -0.25) is 9.59 Å². The van der Waals surface area contributed by atoms with Crippen molar-refractivity contribution in [3.63, 3.8) is 0 Å². The lowest BCUT2D eigenvalue weighted by Crippen LogP contribution is -2.29. The van der Waals surface area contributed by atoms with Crippen LogP contribution in [0, 0.1) is 0 Å². The number of anilines is 3. The molecule has 0 saturated heterocycles. The summed E-state index contributed by atoms with van der Waals surface area (Å²) in [5.41, 5.74) is 3.42. The van der Waals surface area contributed by atoms with E-state index in [9.17, 15) is 9.59 Å². The first kappa shape index (κ1) is 15.1. The van der Waals surface area contributed by atoms with E-state index in [1.54, 1.807) is 24.3 Å². The summed E-state index contributed by atoms with van der Waals surface area (Å²) in [7, 11) is 7.70. The second-order valence-corrected chi connectivity index (χ2v) is 5.98. The molecule has 0 aliphatic carbocycles. The maximum Gasteiger partial charge on any atom is 0.266 e. The molecule has 0 bridgehead atoms. The van der Waals surface area contributed by atoms with Crippen molar-refractivity contribution in [3.8, 4) is 0 Å². The van der Waals surface area contributed by atoms with E-state index in [1.165, 1.54) is 4.90 Å². The lowest BCUT2D eigenvalue weighted by molar-refractivity contribution is 0.0926. The van der Waals surface area contributed by atoms with Gasteiger partial charge in [0.25, 0.3) is 11.8 Å². The summed E-state index contributed by atoms with van der Waals surface area (Å²) in [6.45, 7) is 0. The van der Waals surface area contributed by atoms with Crippen molar-refractivity contribution in [3.05, 3.63) is 53.6 Å². The molecule has 1 aliphatic rings. The van der Waals surface area contributed by atoms with Gasteiger partial charge in [-0.25, -0.2) is 4.90 Å². The van der Waals surface area contributed by atoms with Gasteiger partial charge in [0, 0.05) is 39.6 Å². The largest absolute Gasteiger partial charge is 0.378 e. The van der Waals surface area contributed by atoms with E-state index >= 15 is 0 Å². The molecule has 0 spiro atoms. The lowest BCUT2D eigenvalue weighted by atomic mass is 10.1. The van der Waals surface area contributed by atoms with Crippen LogP contribution in [0.15, 0.2) is 42.5 Å². The number of carbonyl (C=O) groups excluding carboxylic acids is 2. The summed E-state index contributed by atoms with van der Waals surface area (Å²) in [6, 6.07) is 12.7. The van der Waals surface area contributed by atoms with E-state index in [0.29, 0.717) is 16.8 Å². The Kier molecular flexibility index (Phi) is 3.56. The quantitative estimate of drug-likeness (QED) is 0.818. The molecule has 0 atom stereocenters. The Labute approximate surface area is 135 Å². The minimum Gasteiger partial charge on any atom is -0.378 e. The second-order valence-electron chi connectivity index (χ2n) is 5.98. The fourth-order valence-electron chi connectivity index (χ4n) is 2.64. The van der Waals surface area contributed by atoms with Crippen molar-refractivity contribution < 1.29 is 9.59 Å². The molecule has 2 aromatic rings. The highest BCUT2D eigenvalue weighted by Crippen LogP contribution is 2.31. The van der Waals surface area contributed by atoms with E-state index in [4.69, 9.17) is 0 Å². The first-order valence-corrected chi connectivity index (χ1v) is 7.37. The Bertz CT molecular complexity index is 779. The van der Waals surface area contributed by atoms with Crippen LogP contribution in [0.1, 0.15) is 20.7 Å². The Balaban J connectivity index is 1.99. The first-order valence-electron chi connectivity index (χ1n) is 7.37. The third-order valence-electron chi connectivity index (χ3n) is 4.01. The number of carbonyl (C=O) groups is 2. The van der Waals surface area contributed by atoms with Gasteiger partial charge in [0.05, 0.1) is 16.8 Å². The fourth-order valence-corrected chi connectivity index (χ4v) is 2.64. The minimum absolute atomic E-state index is 0.270. The van der Waals surface area contributed by atoms with Crippen LogP contribution in [0.3, 0.4) is 0 Å². The Morgan fingerprint density at radius 3 is 1.78 bits per heavy atom. The molecule has 2 amide bonds. The molecule has 0 radical (unpaired) electrons. The van der Waals surface area contributed by atoms with Crippen LogP contribution in [0.5, 0.6) is 0 Å². The smallest absolute Gasteiger partial charge is 0.266 e. The molecule has 2 aromatic carbocycles. The number of fused-ring (bicyclic) bond motifs is 1. The van der Waals surface area contributed by atoms with E-state index in [1.807, 2.05) is 56.2 Å². The van der Waals surface area contributed by atoms with Gasteiger partial charge >= 0.3 is 0 Å². The summed E-state index contributed by atoms with van der Waals surface area (Å²) in [5, 5.41) is 0. The zero-order valence-electron chi connectivity index (χ0n) is 13.7. The maximum atomic E-state index is 12.7. The maximum absolute atomic E-state index is 12.7. The summed E-state index contributed by atoms with van der Waals surface area (Å²) in [5.74, 6) is -0.542. The summed E-state index contributed by atoms with van der Waals surface area (Å²) in [4.78, 5) is 30.4. The molecule has 0 N–H and O–H groups in total. The van der Waals surface area contributed by atoms with E-state index in [2.05, 4.69) is 0 Å². The molecular weight excluding hydrogens is 290 g/mol. The van der Waals surface area contributed by atoms with Gasteiger partial charge in [-0.1, -0.05) is 0 Å². The van der Waals surface area contributed by atoms with Crippen molar-refractivity contribution in [1.29, 1.82) is 0 Å². The van der Waals surface area contributed by atoms with Gasteiger partial charge in [-0.05, 0) is 42.5 Å². The molecule has 118 valence electrons. The average Bonchev–Trinajstić information content (AvgIpc) is 2.78. The van der Waals surface area contributed by atoms with Crippen LogP contribution in [-0.2, 0) is 0 Å². The van der Waals surface area contributed by atoms with Crippen LogP contribution in [-0.4, -0.2) is 40.0 Å². The van der Waals surface area contributed by atoms with E-state index in [-0.39, 0.29) is 11.8 Å². The molecule has 0 fully saturated rings. The molecule has 0 unspecified atom stereocenters. The third kappa shape index (κ3) is 2.44. The number of benzene rings is 2. The molecule has 1 aliphatic heterocycles. The standard InChI is InChI=1S/C18H19N3O2/c1-19(2)12-5-7-13(8-6-12)21-17(22)15-10-9-14(20(3)4)11-16(15)18(21)23/h5-11H,1-4H3. The Hall–Kier alpha value is -2.82. The van der Waals surface area contributed by atoms with Crippen molar-refractivity contribution in [2.45, 2.75) is 0 Å². The number of rotatable bonds is 3. The van der Waals surface area contributed by atoms with E-state index in [0.717, 1.165) is 11.4 Å². The van der Waals surface area contributed by atoms with Crippen LogP contribution in [0.2, 0.25) is 0 Å². The normalized spacial score (nSPS) is 13.3. The Morgan fingerprint density at radius 2 is 1.22 bits per heavy atom. The summed E-state index contributed by atoms with van der Waals surface area (Å²) in [6.07, 6.45) is 0. The monoisotopic (exact) mass is 309 g/mol.